The Morgan fingerprint density at radius 1 is 1.04 bits per heavy atom. The van der Waals surface area contributed by atoms with E-state index >= 15 is 0 Å². The number of hydrogen-bond donors (Lipinski definition) is 1. The molecule has 0 aliphatic carbocycles. The molecule has 146 valence electrons. The average molecular weight is 398 g/mol. The molecule has 1 aliphatic heterocycles. The second-order valence-electron chi connectivity index (χ2n) is 6.69. The SMILES string of the molecule is CNS(=O)(=O)Cc1ccc(-c2ccc3ncc(N4CCOCC4)nc3c2)cc1. The Hall–Kier alpha value is -2.55. The smallest absolute Gasteiger partial charge is 0.215 e. The number of anilines is 1. The molecule has 1 N–H and O–H groups in total. The summed E-state index contributed by atoms with van der Waals surface area (Å²) in [4.78, 5) is 11.5. The van der Waals surface area contributed by atoms with Crippen LogP contribution < -0.4 is 9.62 Å². The number of nitrogens with zero attached hydrogens (tertiary/aromatic N) is 3. The molecule has 0 saturated carbocycles. The van der Waals surface area contributed by atoms with Crippen LogP contribution in [0.1, 0.15) is 5.56 Å². The van der Waals surface area contributed by atoms with E-state index < -0.39 is 10.0 Å². The first kappa shape index (κ1) is 18.8. The number of nitrogens with one attached hydrogen (secondary N) is 1. The molecule has 2 heterocycles. The predicted octanol–water partition coefficient (Wildman–Crippen LogP) is 2.18. The van der Waals surface area contributed by atoms with Crippen molar-refractivity contribution in [2.45, 2.75) is 5.75 Å². The minimum Gasteiger partial charge on any atom is -0.378 e. The summed E-state index contributed by atoms with van der Waals surface area (Å²) in [5.74, 6) is 0.830. The molecule has 3 aromatic rings. The van der Waals surface area contributed by atoms with Gasteiger partial charge in [-0.15, -0.1) is 0 Å². The molecule has 8 heteroatoms. The third-order valence-electron chi connectivity index (χ3n) is 4.82. The molecule has 4 rings (SSSR count). The first-order valence-electron chi connectivity index (χ1n) is 9.14. The number of hydrogen-bond acceptors (Lipinski definition) is 6. The third kappa shape index (κ3) is 4.14. The monoisotopic (exact) mass is 398 g/mol. The van der Waals surface area contributed by atoms with Crippen molar-refractivity contribution in [2.24, 2.45) is 0 Å². The largest absolute Gasteiger partial charge is 0.378 e. The lowest BCUT2D eigenvalue weighted by Crippen LogP contribution is -2.36. The Balaban J connectivity index is 1.61. The Kier molecular flexibility index (Phi) is 5.25. The molecule has 0 unspecified atom stereocenters. The molecule has 1 aliphatic rings. The number of morpholine rings is 1. The summed E-state index contributed by atoms with van der Waals surface area (Å²) >= 11 is 0. The second kappa shape index (κ2) is 7.83. The predicted molar refractivity (Wildman–Crippen MR) is 110 cm³/mol. The normalized spacial score (nSPS) is 15.1. The highest BCUT2D eigenvalue weighted by Gasteiger charge is 2.14. The summed E-state index contributed by atoms with van der Waals surface area (Å²) in [6, 6.07) is 13.5. The summed E-state index contributed by atoms with van der Waals surface area (Å²) in [6.45, 7) is 3.04. The van der Waals surface area contributed by atoms with E-state index in [1.165, 1.54) is 7.05 Å². The molecular weight excluding hydrogens is 376 g/mol. The summed E-state index contributed by atoms with van der Waals surface area (Å²) in [6.07, 6.45) is 1.81. The maximum atomic E-state index is 11.7. The topological polar surface area (TPSA) is 84.4 Å². The van der Waals surface area contributed by atoms with Crippen LogP contribution in [0.25, 0.3) is 22.2 Å². The summed E-state index contributed by atoms with van der Waals surface area (Å²) in [5, 5.41) is 0. The van der Waals surface area contributed by atoms with Crippen LogP contribution in [0.3, 0.4) is 0 Å². The number of ether oxygens (including phenoxy) is 1. The van der Waals surface area contributed by atoms with E-state index in [0.717, 1.165) is 46.6 Å². The van der Waals surface area contributed by atoms with Gasteiger partial charge >= 0.3 is 0 Å². The molecule has 1 fully saturated rings. The van der Waals surface area contributed by atoms with Gasteiger partial charge in [0.1, 0.15) is 5.82 Å². The molecule has 0 atom stereocenters. The third-order valence-corrected chi connectivity index (χ3v) is 6.15. The van der Waals surface area contributed by atoms with Crippen molar-refractivity contribution in [3.05, 3.63) is 54.2 Å². The number of benzene rings is 2. The van der Waals surface area contributed by atoms with Gasteiger partial charge in [0.2, 0.25) is 10.0 Å². The van der Waals surface area contributed by atoms with Gasteiger partial charge in [0.25, 0.3) is 0 Å². The van der Waals surface area contributed by atoms with E-state index in [-0.39, 0.29) is 5.75 Å². The van der Waals surface area contributed by atoms with E-state index in [0.29, 0.717) is 13.2 Å². The molecule has 0 amide bonds. The summed E-state index contributed by atoms with van der Waals surface area (Å²) < 4.78 is 31.1. The fourth-order valence-corrected chi connectivity index (χ4v) is 3.99. The first-order valence-corrected chi connectivity index (χ1v) is 10.8. The molecule has 0 spiro atoms. The second-order valence-corrected chi connectivity index (χ2v) is 8.62. The first-order chi connectivity index (χ1) is 13.5. The van der Waals surface area contributed by atoms with E-state index in [4.69, 9.17) is 9.72 Å². The quantitative estimate of drug-likeness (QED) is 0.709. The summed E-state index contributed by atoms with van der Waals surface area (Å²) in [7, 11) is -1.85. The van der Waals surface area contributed by atoms with Crippen molar-refractivity contribution < 1.29 is 13.2 Å². The van der Waals surface area contributed by atoms with E-state index in [2.05, 4.69) is 14.6 Å². The van der Waals surface area contributed by atoms with E-state index in [1.807, 2.05) is 48.7 Å². The van der Waals surface area contributed by atoms with Gasteiger partial charge in [-0.1, -0.05) is 30.3 Å². The Bertz CT molecular complexity index is 1080. The van der Waals surface area contributed by atoms with Gasteiger partial charge in [-0.2, -0.15) is 0 Å². The minimum atomic E-state index is -3.28. The Morgan fingerprint density at radius 3 is 2.46 bits per heavy atom. The van der Waals surface area contributed by atoms with Crippen LogP contribution >= 0.6 is 0 Å². The Morgan fingerprint density at radius 2 is 1.75 bits per heavy atom. The van der Waals surface area contributed by atoms with Crippen LogP contribution in [0, 0.1) is 0 Å². The highest BCUT2D eigenvalue weighted by Crippen LogP contribution is 2.25. The van der Waals surface area contributed by atoms with Gasteiger partial charge in [0.15, 0.2) is 0 Å². The van der Waals surface area contributed by atoms with Crippen molar-refractivity contribution in [3.8, 4) is 11.1 Å². The maximum Gasteiger partial charge on any atom is 0.215 e. The number of sulfonamides is 1. The fourth-order valence-electron chi connectivity index (χ4n) is 3.21. The van der Waals surface area contributed by atoms with Crippen LogP contribution in [0.15, 0.2) is 48.7 Å². The average Bonchev–Trinajstić information content (AvgIpc) is 2.74. The number of fused-ring (bicyclic) bond motifs is 1. The van der Waals surface area contributed by atoms with Crippen molar-refractivity contribution in [1.82, 2.24) is 14.7 Å². The lowest BCUT2D eigenvalue weighted by Gasteiger charge is -2.27. The molecule has 7 nitrogen and oxygen atoms in total. The zero-order chi connectivity index (χ0) is 19.6. The van der Waals surface area contributed by atoms with Crippen LogP contribution in [0.5, 0.6) is 0 Å². The van der Waals surface area contributed by atoms with Crippen LogP contribution in [0.2, 0.25) is 0 Å². The van der Waals surface area contributed by atoms with Crippen molar-refractivity contribution >= 4 is 26.9 Å². The molecule has 2 aromatic carbocycles. The molecule has 1 aromatic heterocycles. The minimum absolute atomic E-state index is 0.0319. The van der Waals surface area contributed by atoms with Gasteiger partial charge in [-0.3, -0.25) is 4.98 Å². The summed E-state index contributed by atoms with van der Waals surface area (Å²) in [5.41, 5.74) is 4.45. The van der Waals surface area contributed by atoms with Crippen LogP contribution in [0.4, 0.5) is 5.82 Å². The number of rotatable bonds is 5. The van der Waals surface area contributed by atoms with Gasteiger partial charge in [-0.25, -0.2) is 18.1 Å². The van der Waals surface area contributed by atoms with Crippen LogP contribution in [-0.4, -0.2) is 51.7 Å². The standard InChI is InChI=1S/C20H22N4O3S/c1-21-28(25,26)14-15-2-4-16(5-3-15)17-6-7-18-19(12-17)23-20(13-22-18)24-8-10-27-11-9-24/h2-7,12-13,21H,8-11,14H2,1H3. The van der Waals surface area contributed by atoms with Gasteiger partial charge < -0.3 is 9.64 Å². The van der Waals surface area contributed by atoms with Crippen molar-refractivity contribution in [3.63, 3.8) is 0 Å². The zero-order valence-electron chi connectivity index (χ0n) is 15.6. The fraction of sp³-hybridized carbons (Fsp3) is 0.300. The van der Waals surface area contributed by atoms with E-state index in [1.54, 1.807) is 0 Å². The molecule has 1 saturated heterocycles. The molecule has 28 heavy (non-hydrogen) atoms. The van der Waals surface area contributed by atoms with Gasteiger partial charge in [0.05, 0.1) is 36.2 Å². The van der Waals surface area contributed by atoms with Crippen molar-refractivity contribution in [2.75, 3.05) is 38.3 Å². The lowest BCUT2D eigenvalue weighted by molar-refractivity contribution is 0.122. The van der Waals surface area contributed by atoms with Crippen LogP contribution in [-0.2, 0) is 20.5 Å². The molecular formula is C20H22N4O3S. The molecule has 0 bridgehead atoms. The number of aromatic nitrogens is 2. The highest BCUT2D eigenvalue weighted by atomic mass is 32.2. The lowest BCUT2D eigenvalue weighted by atomic mass is 10.0. The van der Waals surface area contributed by atoms with E-state index in [9.17, 15) is 8.42 Å². The maximum absolute atomic E-state index is 11.7. The van der Waals surface area contributed by atoms with Crippen molar-refractivity contribution in [1.29, 1.82) is 0 Å². The Labute approximate surface area is 164 Å². The highest BCUT2D eigenvalue weighted by molar-refractivity contribution is 7.88. The van der Waals surface area contributed by atoms with Gasteiger partial charge in [-0.05, 0) is 35.9 Å². The van der Waals surface area contributed by atoms with Gasteiger partial charge in [0, 0.05) is 13.1 Å². The zero-order valence-corrected chi connectivity index (χ0v) is 16.4. The molecule has 0 radical (unpaired) electrons.